The molecule has 4 heteroatoms. The van der Waals surface area contributed by atoms with Crippen LogP contribution in [0.2, 0.25) is 0 Å². The molecule has 0 saturated heterocycles. The lowest BCUT2D eigenvalue weighted by molar-refractivity contribution is 0.0619. The van der Waals surface area contributed by atoms with Gasteiger partial charge in [-0.2, -0.15) is 5.26 Å². The maximum Gasteiger partial charge on any atom is 0.120 e. The predicted octanol–water partition coefficient (Wildman–Crippen LogP) is 0.510. The number of hydrogen-bond donors (Lipinski definition) is 2. The molecule has 0 amide bonds. The van der Waals surface area contributed by atoms with Gasteiger partial charge in [0.05, 0.1) is 6.10 Å². The molecule has 4 nitrogen and oxygen atoms in total. The Kier molecular flexibility index (Phi) is 2.76. The first-order valence-electron chi connectivity index (χ1n) is 5.16. The Morgan fingerprint density at radius 3 is 2.93 bits per heavy atom. The van der Waals surface area contributed by atoms with Crippen molar-refractivity contribution in [3.63, 3.8) is 0 Å². The van der Waals surface area contributed by atoms with Crippen molar-refractivity contribution >= 4 is 0 Å². The maximum atomic E-state index is 9.11. The summed E-state index contributed by atoms with van der Waals surface area (Å²) in [4.78, 5) is 0. The molecule has 1 aliphatic carbocycles. The van der Waals surface area contributed by atoms with Gasteiger partial charge in [0.25, 0.3) is 0 Å². The van der Waals surface area contributed by atoms with Gasteiger partial charge in [-0.05, 0) is 24.5 Å². The second-order valence-corrected chi connectivity index (χ2v) is 4.16. The molecule has 2 N–H and O–H groups in total. The fourth-order valence-electron chi connectivity index (χ4n) is 1.86. The summed E-state index contributed by atoms with van der Waals surface area (Å²) in [7, 11) is 1.87. The molecule has 0 bridgehead atoms. The van der Waals surface area contributed by atoms with E-state index in [9.17, 15) is 0 Å². The zero-order valence-corrected chi connectivity index (χ0v) is 8.77. The summed E-state index contributed by atoms with van der Waals surface area (Å²) in [6.45, 7) is 0.771. The Hall–Kier alpha value is -1.31. The van der Waals surface area contributed by atoms with Crippen molar-refractivity contribution in [2.24, 2.45) is 7.05 Å². The van der Waals surface area contributed by atoms with E-state index < -0.39 is 0 Å². The molecule has 1 fully saturated rings. The molecule has 80 valence electrons. The van der Waals surface area contributed by atoms with E-state index >= 15 is 0 Å². The van der Waals surface area contributed by atoms with Crippen molar-refractivity contribution < 1.29 is 5.11 Å². The molecule has 0 unspecified atom stereocenters. The number of rotatable bonds is 3. The second-order valence-electron chi connectivity index (χ2n) is 4.16. The summed E-state index contributed by atoms with van der Waals surface area (Å²) in [6, 6.07) is 4.46. The molecular weight excluding hydrogens is 190 g/mol. The van der Waals surface area contributed by atoms with Gasteiger partial charge in [-0.25, -0.2) is 0 Å². The first-order chi connectivity index (χ1) is 7.19. The zero-order valence-electron chi connectivity index (χ0n) is 8.77. The van der Waals surface area contributed by atoms with Crippen LogP contribution in [0.3, 0.4) is 0 Å². The van der Waals surface area contributed by atoms with Crippen molar-refractivity contribution in [3.05, 3.63) is 23.5 Å². The SMILES string of the molecule is Cn1cc(CNC2CC(O)C2)cc1C#N. The number of nitrogens with zero attached hydrogens (tertiary/aromatic N) is 2. The molecule has 0 aromatic carbocycles. The number of hydrogen-bond acceptors (Lipinski definition) is 3. The third-order valence-corrected chi connectivity index (χ3v) is 2.88. The highest BCUT2D eigenvalue weighted by Gasteiger charge is 2.26. The standard InChI is InChI=1S/C11H15N3O/c1-14-7-8(2-10(14)5-12)6-13-9-3-11(15)4-9/h2,7,9,11,13,15H,3-4,6H2,1H3. The highest BCUT2D eigenvalue weighted by Crippen LogP contribution is 2.19. The molecule has 1 saturated carbocycles. The summed E-state index contributed by atoms with van der Waals surface area (Å²) in [5.74, 6) is 0. The number of aryl methyl sites for hydroxylation is 1. The van der Waals surface area contributed by atoms with Gasteiger partial charge >= 0.3 is 0 Å². The van der Waals surface area contributed by atoms with Crippen LogP contribution in [0.15, 0.2) is 12.3 Å². The minimum atomic E-state index is -0.118. The predicted molar refractivity (Wildman–Crippen MR) is 56.0 cm³/mol. The van der Waals surface area contributed by atoms with Crippen LogP contribution >= 0.6 is 0 Å². The molecule has 2 rings (SSSR count). The van der Waals surface area contributed by atoms with E-state index in [1.807, 2.05) is 23.9 Å². The molecule has 1 heterocycles. The minimum absolute atomic E-state index is 0.118. The first kappa shape index (κ1) is 10.2. The Labute approximate surface area is 89.1 Å². The average Bonchev–Trinajstić information content (AvgIpc) is 2.52. The summed E-state index contributed by atoms with van der Waals surface area (Å²) in [5, 5.41) is 21.2. The number of nitrogens with one attached hydrogen (secondary N) is 1. The quantitative estimate of drug-likeness (QED) is 0.755. The first-order valence-corrected chi connectivity index (χ1v) is 5.16. The summed E-state index contributed by atoms with van der Waals surface area (Å²) >= 11 is 0. The number of aliphatic hydroxyl groups is 1. The summed E-state index contributed by atoms with van der Waals surface area (Å²) < 4.78 is 1.83. The van der Waals surface area contributed by atoms with Crippen LogP contribution in [0.5, 0.6) is 0 Å². The van der Waals surface area contributed by atoms with Gasteiger partial charge in [0.2, 0.25) is 0 Å². The topological polar surface area (TPSA) is 61.0 Å². The normalized spacial score (nSPS) is 24.6. The van der Waals surface area contributed by atoms with E-state index in [1.165, 1.54) is 0 Å². The Balaban J connectivity index is 1.86. The fraction of sp³-hybridized carbons (Fsp3) is 0.545. The van der Waals surface area contributed by atoms with E-state index in [-0.39, 0.29) is 6.10 Å². The number of nitriles is 1. The van der Waals surface area contributed by atoms with Crippen LogP contribution in [0, 0.1) is 11.3 Å². The van der Waals surface area contributed by atoms with Gasteiger partial charge < -0.3 is 15.0 Å². The lowest BCUT2D eigenvalue weighted by atomic mass is 9.89. The molecule has 0 aliphatic heterocycles. The van der Waals surface area contributed by atoms with Gasteiger partial charge in [0.1, 0.15) is 11.8 Å². The summed E-state index contributed by atoms with van der Waals surface area (Å²) in [6.07, 6.45) is 3.53. The van der Waals surface area contributed by atoms with Crippen LogP contribution in [-0.2, 0) is 13.6 Å². The Morgan fingerprint density at radius 1 is 1.67 bits per heavy atom. The number of aromatic nitrogens is 1. The van der Waals surface area contributed by atoms with Crippen LogP contribution < -0.4 is 5.32 Å². The van der Waals surface area contributed by atoms with Crippen LogP contribution in [-0.4, -0.2) is 21.8 Å². The average molecular weight is 205 g/mol. The molecule has 1 aromatic rings. The van der Waals surface area contributed by atoms with Crippen LogP contribution in [0.25, 0.3) is 0 Å². The Bertz CT molecular complexity index is 385. The van der Waals surface area contributed by atoms with Crippen molar-refractivity contribution in [3.8, 4) is 6.07 Å². The lowest BCUT2D eigenvalue weighted by Crippen LogP contribution is -2.43. The van der Waals surface area contributed by atoms with E-state index in [1.54, 1.807) is 0 Å². The summed E-state index contributed by atoms with van der Waals surface area (Å²) in [5.41, 5.74) is 1.80. The van der Waals surface area contributed by atoms with Gasteiger partial charge in [-0.3, -0.25) is 0 Å². The van der Waals surface area contributed by atoms with E-state index in [0.29, 0.717) is 11.7 Å². The maximum absolute atomic E-state index is 9.11. The van der Waals surface area contributed by atoms with Gasteiger partial charge in [-0.1, -0.05) is 0 Å². The monoisotopic (exact) mass is 205 g/mol. The molecule has 0 radical (unpaired) electrons. The smallest absolute Gasteiger partial charge is 0.120 e. The molecular formula is C11H15N3O. The highest BCUT2D eigenvalue weighted by atomic mass is 16.3. The minimum Gasteiger partial charge on any atom is -0.393 e. The molecule has 1 aliphatic rings. The molecule has 15 heavy (non-hydrogen) atoms. The van der Waals surface area contributed by atoms with Crippen LogP contribution in [0.1, 0.15) is 24.1 Å². The van der Waals surface area contributed by atoms with Crippen molar-refractivity contribution in [2.45, 2.75) is 31.5 Å². The molecule has 0 spiro atoms. The Morgan fingerprint density at radius 2 is 2.40 bits per heavy atom. The number of aliphatic hydroxyl groups excluding tert-OH is 1. The van der Waals surface area contributed by atoms with E-state index in [0.717, 1.165) is 24.9 Å². The van der Waals surface area contributed by atoms with Crippen molar-refractivity contribution in [2.75, 3.05) is 0 Å². The third kappa shape index (κ3) is 2.20. The fourth-order valence-corrected chi connectivity index (χ4v) is 1.86. The molecule has 1 aromatic heterocycles. The van der Waals surface area contributed by atoms with Gasteiger partial charge in [0, 0.05) is 25.8 Å². The largest absolute Gasteiger partial charge is 0.393 e. The lowest BCUT2D eigenvalue weighted by Gasteiger charge is -2.32. The second kappa shape index (κ2) is 4.05. The highest BCUT2D eigenvalue weighted by molar-refractivity contribution is 5.28. The van der Waals surface area contributed by atoms with E-state index in [2.05, 4.69) is 11.4 Å². The zero-order chi connectivity index (χ0) is 10.8. The van der Waals surface area contributed by atoms with Gasteiger partial charge in [-0.15, -0.1) is 0 Å². The van der Waals surface area contributed by atoms with E-state index in [4.69, 9.17) is 10.4 Å². The van der Waals surface area contributed by atoms with Gasteiger partial charge in [0.15, 0.2) is 0 Å². The molecule has 0 atom stereocenters. The third-order valence-electron chi connectivity index (χ3n) is 2.88. The van der Waals surface area contributed by atoms with Crippen molar-refractivity contribution in [1.29, 1.82) is 5.26 Å². The van der Waals surface area contributed by atoms with Crippen molar-refractivity contribution in [1.82, 2.24) is 9.88 Å². The van der Waals surface area contributed by atoms with Crippen LogP contribution in [0.4, 0.5) is 0 Å².